The number of nitro benzene ring substituents is 1. The van der Waals surface area contributed by atoms with Crippen LogP contribution in [0.15, 0.2) is 24.3 Å². The van der Waals surface area contributed by atoms with Crippen LogP contribution >= 0.6 is 0 Å². The van der Waals surface area contributed by atoms with Gasteiger partial charge in [0.2, 0.25) is 0 Å². The van der Waals surface area contributed by atoms with Gasteiger partial charge in [-0.25, -0.2) is 0 Å². The van der Waals surface area contributed by atoms with Gasteiger partial charge in [0.1, 0.15) is 0 Å². The van der Waals surface area contributed by atoms with Gasteiger partial charge in [0.05, 0.1) is 10.5 Å². The van der Waals surface area contributed by atoms with Crippen molar-refractivity contribution < 1.29 is 19.6 Å². The fraction of sp³-hybridized carbons (Fsp3) is 0.500. The van der Waals surface area contributed by atoms with Crippen LogP contribution < -0.4 is 4.74 Å². The minimum atomic E-state index is -1.01. The van der Waals surface area contributed by atoms with Crippen molar-refractivity contribution in [3.63, 3.8) is 0 Å². The van der Waals surface area contributed by atoms with Crippen LogP contribution in [0, 0.1) is 10.1 Å². The minimum Gasteiger partial charge on any atom is -0.477 e. The topological polar surface area (TPSA) is 92.9 Å². The number of para-hydroxylation sites is 2. The van der Waals surface area contributed by atoms with Gasteiger partial charge in [0, 0.05) is 19.2 Å². The highest BCUT2D eigenvalue weighted by Gasteiger charge is 2.22. The van der Waals surface area contributed by atoms with E-state index in [1.807, 2.05) is 0 Å². The molecule has 0 heterocycles. The molecule has 0 aliphatic carbocycles. The average Bonchev–Trinajstić information content (AvgIpc) is 2.41. The number of ether oxygens (including phenoxy) is 1. The summed E-state index contributed by atoms with van der Waals surface area (Å²) in [6, 6.07) is 5.88. The number of benzene rings is 1. The maximum absolute atomic E-state index is 12.0. The van der Waals surface area contributed by atoms with E-state index in [2.05, 4.69) is 0 Å². The number of amides is 1. The van der Waals surface area contributed by atoms with E-state index in [-0.39, 0.29) is 30.5 Å². The van der Waals surface area contributed by atoms with Crippen molar-refractivity contribution in [2.75, 3.05) is 19.7 Å². The number of likely N-dealkylation sites (N-methyl/N-ethyl adjacent to an activating group) is 1. The molecule has 0 saturated carbocycles. The van der Waals surface area contributed by atoms with E-state index >= 15 is 0 Å². The lowest BCUT2D eigenvalue weighted by Crippen LogP contribution is -2.44. The van der Waals surface area contributed by atoms with Gasteiger partial charge in [-0.3, -0.25) is 14.9 Å². The SMILES string of the molecule is CCN(CC(C)(C)O)C(=O)COc1ccccc1[N+](=O)[O-]. The van der Waals surface area contributed by atoms with Gasteiger partial charge < -0.3 is 14.7 Å². The smallest absolute Gasteiger partial charge is 0.310 e. The van der Waals surface area contributed by atoms with Crippen LogP contribution in [0.5, 0.6) is 5.75 Å². The van der Waals surface area contributed by atoms with Crippen molar-refractivity contribution in [3.8, 4) is 5.75 Å². The molecule has 7 heteroatoms. The van der Waals surface area contributed by atoms with E-state index < -0.39 is 10.5 Å². The summed E-state index contributed by atoms with van der Waals surface area (Å²) in [6.45, 7) is 5.27. The minimum absolute atomic E-state index is 0.0511. The molecule has 1 N–H and O–H groups in total. The van der Waals surface area contributed by atoms with Gasteiger partial charge in [0.15, 0.2) is 12.4 Å². The zero-order chi connectivity index (χ0) is 16.0. The van der Waals surface area contributed by atoms with Crippen molar-refractivity contribution in [2.45, 2.75) is 26.4 Å². The lowest BCUT2D eigenvalue weighted by Gasteiger charge is -2.28. The van der Waals surface area contributed by atoms with Crippen LogP contribution in [0.3, 0.4) is 0 Å². The van der Waals surface area contributed by atoms with Crippen LogP contribution in [0.25, 0.3) is 0 Å². The molecule has 1 rings (SSSR count). The monoisotopic (exact) mass is 296 g/mol. The second-order valence-electron chi connectivity index (χ2n) is 5.23. The third kappa shape index (κ3) is 5.39. The largest absolute Gasteiger partial charge is 0.477 e. The van der Waals surface area contributed by atoms with E-state index in [0.29, 0.717) is 6.54 Å². The zero-order valence-electron chi connectivity index (χ0n) is 12.4. The molecule has 0 aromatic heterocycles. The maximum Gasteiger partial charge on any atom is 0.310 e. The summed E-state index contributed by atoms with van der Waals surface area (Å²) >= 11 is 0. The average molecular weight is 296 g/mol. The highest BCUT2D eigenvalue weighted by molar-refractivity contribution is 5.78. The van der Waals surface area contributed by atoms with Gasteiger partial charge in [-0.15, -0.1) is 0 Å². The molecule has 116 valence electrons. The Kier molecular flexibility index (Phi) is 5.66. The number of hydrogen-bond acceptors (Lipinski definition) is 5. The summed E-state index contributed by atoms with van der Waals surface area (Å²) in [5.74, 6) is -0.284. The number of carbonyl (C=O) groups excluding carboxylic acids is 1. The quantitative estimate of drug-likeness (QED) is 0.609. The zero-order valence-corrected chi connectivity index (χ0v) is 12.4. The fourth-order valence-corrected chi connectivity index (χ4v) is 1.80. The van der Waals surface area contributed by atoms with E-state index in [0.717, 1.165) is 0 Å². The Bertz CT molecular complexity index is 510. The first kappa shape index (κ1) is 16.9. The molecule has 0 atom stereocenters. The first-order valence-electron chi connectivity index (χ1n) is 6.61. The van der Waals surface area contributed by atoms with Crippen LogP contribution in [0.1, 0.15) is 20.8 Å². The summed E-state index contributed by atoms with van der Waals surface area (Å²) in [5, 5.41) is 20.6. The molecule has 0 fully saturated rings. The standard InChI is InChI=1S/C14H20N2O5/c1-4-15(10-14(2,3)18)13(17)9-21-12-8-6-5-7-11(12)16(19)20/h5-8,18H,4,9-10H2,1-3H3. The molecule has 1 amide bonds. The molecule has 0 unspecified atom stereocenters. The molecule has 1 aromatic carbocycles. The number of nitro groups is 1. The van der Waals surface area contributed by atoms with Crippen LogP contribution in [0.2, 0.25) is 0 Å². The maximum atomic E-state index is 12.0. The Morgan fingerprint density at radius 3 is 2.57 bits per heavy atom. The van der Waals surface area contributed by atoms with Crippen LogP contribution in [-0.4, -0.2) is 46.1 Å². The van der Waals surface area contributed by atoms with Crippen molar-refractivity contribution in [1.82, 2.24) is 4.90 Å². The number of carbonyl (C=O) groups is 1. The van der Waals surface area contributed by atoms with Gasteiger partial charge in [0.25, 0.3) is 5.91 Å². The lowest BCUT2D eigenvalue weighted by molar-refractivity contribution is -0.385. The van der Waals surface area contributed by atoms with E-state index in [1.165, 1.54) is 23.1 Å². The molecule has 0 aliphatic rings. The van der Waals surface area contributed by atoms with Gasteiger partial charge >= 0.3 is 5.69 Å². The third-order valence-corrected chi connectivity index (χ3v) is 2.73. The Labute approximate surface area is 123 Å². The highest BCUT2D eigenvalue weighted by atomic mass is 16.6. The molecule has 0 radical (unpaired) electrons. The summed E-state index contributed by atoms with van der Waals surface area (Å²) in [5.41, 5.74) is -1.19. The Morgan fingerprint density at radius 1 is 1.43 bits per heavy atom. The molecule has 7 nitrogen and oxygen atoms in total. The first-order valence-corrected chi connectivity index (χ1v) is 6.61. The van der Waals surface area contributed by atoms with Crippen molar-refractivity contribution in [3.05, 3.63) is 34.4 Å². The lowest BCUT2D eigenvalue weighted by atomic mass is 10.1. The van der Waals surface area contributed by atoms with Crippen LogP contribution in [0.4, 0.5) is 5.69 Å². The first-order chi connectivity index (χ1) is 9.74. The molecular formula is C14H20N2O5. The number of nitrogens with zero attached hydrogens (tertiary/aromatic N) is 2. The second kappa shape index (κ2) is 7.03. The van der Waals surface area contributed by atoms with Gasteiger partial charge in [-0.2, -0.15) is 0 Å². The van der Waals surface area contributed by atoms with E-state index in [9.17, 15) is 20.0 Å². The van der Waals surface area contributed by atoms with Gasteiger partial charge in [-0.05, 0) is 26.8 Å². The summed E-state index contributed by atoms with van der Waals surface area (Å²) in [6.07, 6.45) is 0. The molecular weight excluding hydrogens is 276 g/mol. The Balaban J connectivity index is 2.70. The molecule has 0 aliphatic heterocycles. The molecule has 0 bridgehead atoms. The number of rotatable bonds is 7. The van der Waals surface area contributed by atoms with E-state index in [1.54, 1.807) is 26.8 Å². The van der Waals surface area contributed by atoms with Crippen molar-refractivity contribution in [1.29, 1.82) is 0 Å². The second-order valence-corrected chi connectivity index (χ2v) is 5.23. The van der Waals surface area contributed by atoms with Gasteiger partial charge in [-0.1, -0.05) is 12.1 Å². The fourth-order valence-electron chi connectivity index (χ4n) is 1.80. The highest BCUT2D eigenvalue weighted by Crippen LogP contribution is 2.25. The van der Waals surface area contributed by atoms with Crippen LogP contribution in [-0.2, 0) is 4.79 Å². The Morgan fingerprint density at radius 2 is 2.05 bits per heavy atom. The molecule has 0 saturated heterocycles. The molecule has 0 spiro atoms. The summed E-state index contributed by atoms with van der Waals surface area (Å²) in [7, 11) is 0. The van der Waals surface area contributed by atoms with E-state index in [4.69, 9.17) is 4.74 Å². The molecule has 21 heavy (non-hydrogen) atoms. The van der Waals surface area contributed by atoms with Crippen molar-refractivity contribution >= 4 is 11.6 Å². The molecule has 1 aromatic rings. The number of aliphatic hydroxyl groups is 1. The summed E-state index contributed by atoms with van der Waals surface area (Å²) < 4.78 is 5.24. The normalized spacial score (nSPS) is 11.0. The number of hydrogen-bond donors (Lipinski definition) is 1. The summed E-state index contributed by atoms with van der Waals surface area (Å²) in [4.78, 5) is 23.7. The predicted octanol–water partition coefficient (Wildman–Crippen LogP) is 1.59. The predicted molar refractivity (Wildman–Crippen MR) is 77.1 cm³/mol. The third-order valence-electron chi connectivity index (χ3n) is 2.73. The Hall–Kier alpha value is -2.15. The van der Waals surface area contributed by atoms with Crippen molar-refractivity contribution in [2.24, 2.45) is 0 Å².